The summed E-state index contributed by atoms with van der Waals surface area (Å²) < 4.78 is 5.27. The number of hydrogen-bond acceptors (Lipinski definition) is 4. The standard InChI is InChI=1S/C26H43N3O4/c1-17(2)10-13-20(6)29(22(30)16-27-25(32)33-26(7,8)9)23(24(31)28-18(3)4)21-14-11-19(5)12-15-21/h11-12,14-15,17-18,20,23H,10,13,16H2,1-9H3,(H,27,32)(H,28,31). The van der Waals surface area contributed by atoms with Crippen molar-refractivity contribution in [2.45, 2.75) is 98.9 Å². The summed E-state index contributed by atoms with van der Waals surface area (Å²) in [6, 6.07) is 6.56. The first-order valence-electron chi connectivity index (χ1n) is 11.9. The summed E-state index contributed by atoms with van der Waals surface area (Å²) in [6.07, 6.45) is 0.994. The largest absolute Gasteiger partial charge is 0.444 e. The molecule has 0 bridgehead atoms. The number of nitrogens with zero attached hydrogens (tertiary/aromatic N) is 1. The van der Waals surface area contributed by atoms with Gasteiger partial charge < -0.3 is 20.3 Å². The molecule has 2 N–H and O–H groups in total. The van der Waals surface area contributed by atoms with Crippen LogP contribution in [0.15, 0.2) is 24.3 Å². The van der Waals surface area contributed by atoms with E-state index in [9.17, 15) is 14.4 Å². The van der Waals surface area contributed by atoms with Crippen LogP contribution in [0.4, 0.5) is 4.79 Å². The topological polar surface area (TPSA) is 87.7 Å². The summed E-state index contributed by atoms with van der Waals surface area (Å²) in [5.41, 5.74) is 1.14. The van der Waals surface area contributed by atoms with Crippen LogP contribution in [-0.2, 0) is 14.3 Å². The fourth-order valence-electron chi connectivity index (χ4n) is 3.46. The number of nitrogens with one attached hydrogen (secondary N) is 2. The van der Waals surface area contributed by atoms with Crippen molar-refractivity contribution in [2.75, 3.05) is 6.54 Å². The van der Waals surface area contributed by atoms with Crippen LogP contribution in [0.25, 0.3) is 0 Å². The van der Waals surface area contributed by atoms with E-state index in [1.165, 1.54) is 0 Å². The van der Waals surface area contributed by atoms with Gasteiger partial charge in [-0.1, -0.05) is 43.7 Å². The zero-order valence-corrected chi connectivity index (χ0v) is 21.8. The van der Waals surface area contributed by atoms with Gasteiger partial charge in [-0.25, -0.2) is 4.79 Å². The molecular weight excluding hydrogens is 418 g/mol. The molecule has 0 aromatic heterocycles. The molecule has 0 saturated heterocycles. The van der Waals surface area contributed by atoms with Gasteiger partial charge in [0, 0.05) is 12.1 Å². The van der Waals surface area contributed by atoms with Crippen molar-refractivity contribution in [2.24, 2.45) is 5.92 Å². The minimum atomic E-state index is -0.803. The second-order valence-electron chi connectivity index (χ2n) is 10.5. The Morgan fingerprint density at radius 1 is 0.970 bits per heavy atom. The van der Waals surface area contributed by atoms with Crippen molar-refractivity contribution in [3.8, 4) is 0 Å². The molecule has 0 saturated carbocycles. The SMILES string of the molecule is Cc1ccc(C(C(=O)NC(C)C)N(C(=O)CNC(=O)OC(C)(C)C)C(C)CCC(C)C)cc1. The fraction of sp³-hybridized carbons (Fsp3) is 0.654. The lowest BCUT2D eigenvalue weighted by molar-refractivity contribution is -0.143. The molecule has 1 aromatic rings. The number of hydrogen-bond donors (Lipinski definition) is 2. The Morgan fingerprint density at radius 2 is 1.55 bits per heavy atom. The highest BCUT2D eigenvalue weighted by molar-refractivity contribution is 5.90. The lowest BCUT2D eigenvalue weighted by atomic mass is 9.97. The first-order chi connectivity index (χ1) is 15.2. The Balaban J connectivity index is 3.29. The minimum Gasteiger partial charge on any atom is -0.444 e. The molecule has 0 aliphatic rings. The van der Waals surface area contributed by atoms with E-state index in [1.807, 2.05) is 52.0 Å². The van der Waals surface area contributed by atoms with Crippen LogP contribution < -0.4 is 10.6 Å². The first-order valence-corrected chi connectivity index (χ1v) is 11.9. The smallest absolute Gasteiger partial charge is 0.408 e. The molecule has 2 atom stereocenters. The van der Waals surface area contributed by atoms with Crippen molar-refractivity contribution in [1.29, 1.82) is 0 Å². The van der Waals surface area contributed by atoms with Gasteiger partial charge in [0.15, 0.2) is 0 Å². The molecule has 33 heavy (non-hydrogen) atoms. The van der Waals surface area contributed by atoms with Crippen molar-refractivity contribution in [3.63, 3.8) is 0 Å². The van der Waals surface area contributed by atoms with Gasteiger partial charge in [0.25, 0.3) is 0 Å². The van der Waals surface area contributed by atoms with Crippen LogP contribution in [0.1, 0.15) is 85.4 Å². The zero-order chi connectivity index (χ0) is 25.3. The highest BCUT2D eigenvalue weighted by atomic mass is 16.6. The quantitative estimate of drug-likeness (QED) is 0.527. The number of aryl methyl sites for hydroxylation is 1. The van der Waals surface area contributed by atoms with Gasteiger partial charge in [-0.15, -0.1) is 0 Å². The van der Waals surface area contributed by atoms with Gasteiger partial charge >= 0.3 is 6.09 Å². The molecule has 2 unspecified atom stereocenters. The maximum absolute atomic E-state index is 13.4. The summed E-state index contributed by atoms with van der Waals surface area (Å²) in [7, 11) is 0. The summed E-state index contributed by atoms with van der Waals surface area (Å²) in [6.45, 7) is 17.0. The number of carbonyl (C=O) groups is 3. The second kappa shape index (κ2) is 12.6. The van der Waals surface area contributed by atoms with Gasteiger partial charge in [0.1, 0.15) is 18.2 Å². The summed E-state index contributed by atoms with van der Waals surface area (Å²) in [4.78, 5) is 40.5. The number of amides is 3. The number of benzene rings is 1. The fourth-order valence-corrected chi connectivity index (χ4v) is 3.46. The van der Waals surface area contributed by atoms with Gasteiger partial charge in [-0.05, 0) is 72.8 Å². The molecule has 0 spiro atoms. The Hall–Kier alpha value is -2.57. The molecule has 1 aromatic carbocycles. The summed E-state index contributed by atoms with van der Waals surface area (Å²) in [5, 5.41) is 5.51. The molecule has 0 fully saturated rings. The summed E-state index contributed by atoms with van der Waals surface area (Å²) in [5.74, 6) is -0.107. The lowest BCUT2D eigenvalue weighted by Crippen LogP contribution is -2.52. The number of carbonyl (C=O) groups excluding carboxylic acids is 3. The monoisotopic (exact) mass is 461 g/mol. The van der Waals surface area contributed by atoms with Crippen LogP contribution in [0.2, 0.25) is 0 Å². The van der Waals surface area contributed by atoms with Crippen molar-refractivity contribution < 1.29 is 19.1 Å². The average Bonchev–Trinajstić information content (AvgIpc) is 2.67. The minimum absolute atomic E-state index is 0.0757. The van der Waals surface area contributed by atoms with Crippen LogP contribution in [0, 0.1) is 12.8 Å². The zero-order valence-electron chi connectivity index (χ0n) is 21.8. The van der Waals surface area contributed by atoms with Gasteiger partial charge in [0.05, 0.1) is 0 Å². The predicted octanol–water partition coefficient (Wildman–Crippen LogP) is 4.74. The Kier molecular flexibility index (Phi) is 10.9. The number of rotatable bonds is 10. The van der Waals surface area contributed by atoms with Crippen LogP contribution in [-0.4, -0.2) is 47.0 Å². The van der Waals surface area contributed by atoms with Gasteiger partial charge in [-0.3, -0.25) is 9.59 Å². The normalized spacial score (nSPS) is 13.4. The molecule has 186 valence electrons. The van der Waals surface area contributed by atoms with Gasteiger partial charge in [0.2, 0.25) is 11.8 Å². The molecule has 0 heterocycles. The second-order valence-corrected chi connectivity index (χ2v) is 10.5. The van der Waals surface area contributed by atoms with Crippen LogP contribution in [0.3, 0.4) is 0 Å². The van der Waals surface area contributed by atoms with Gasteiger partial charge in [-0.2, -0.15) is 0 Å². The van der Waals surface area contributed by atoms with Crippen LogP contribution in [0.5, 0.6) is 0 Å². The van der Waals surface area contributed by atoms with Crippen molar-refractivity contribution >= 4 is 17.9 Å². The van der Waals surface area contributed by atoms with E-state index >= 15 is 0 Å². The number of ether oxygens (including phenoxy) is 1. The Bertz CT molecular complexity index is 782. The maximum Gasteiger partial charge on any atom is 0.408 e. The van der Waals surface area contributed by atoms with E-state index in [0.717, 1.165) is 24.0 Å². The maximum atomic E-state index is 13.4. The average molecular weight is 462 g/mol. The number of alkyl carbamates (subject to hydrolysis) is 1. The molecule has 1 rings (SSSR count). The van der Waals surface area contributed by atoms with E-state index in [-0.39, 0.29) is 30.4 Å². The van der Waals surface area contributed by atoms with E-state index in [0.29, 0.717) is 5.92 Å². The molecule has 7 heteroatoms. The molecule has 0 aliphatic carbocycles. The Morgan fingerprint density at radius 3 is 2.03 bits per heavy atom. The molecule has 7 nitrogen and oxygen atoms in total. The van der Waals surface area contributed by atoms with E-state index < -0.39 is 17.7 Å². The third kappa shape index (κ3) is 10.3. The third-order valence-corrected chi connectivity index (χ3v) is 5.06. The summed E-state index contributed by atoms with van der Waals surface area (Å²) >= 11 is 0. The van der Waals surface area contributed by atoms with Crippen molar-refractivity contribution in [3.05, 3.63) is 35.4 Å². The highest BCUT2D eigenvalue weighted by Crippen LogP contribution is 2.27. The van der Waals surface area contributed by atoms with E-state index in [1.54, 1.807) is 25.7 Å². The van der Waals surface area contributed by atoms with Crippen molar-refractivity contribution in [1.82, 2.24) is 15.5 Å². The van der Waals surface area contributed by atoms with E-state index in [2.05, 4.69) is 24.5 Å². The predicted molar refractivity (Wildman–Crippen MR) is 132 cm³/mol. The third-order valence-electron chi connectivity index (χ3n) is 5.06. The molecule has 0 aliphatic heterocycles. The lowest BCUT2D eigenvalue weighted by Gasteiger charge is -2.37. The van der Waals surface area contributed by atoms with E-state index in [4.69, 9.17) is 4.74 Å². The molecule has 3 amide bonds. The molecular formula is C26H43N3O4. The first kappa shape index (κ1) is 28.5. The van der Waals surface area contributed by atoms with Crippen LogP contribution >= 0.6 is 0 Å². The Labute approximate surface area is 199 Å². The molecule has 0 radical (unpaired) electrons. The highest BCUT2D eigenvalue weighted by Gasteiger charge is 2.35.